The SMILES string of the molecule is COc1ccc(-n2nnn(CN3CCN(Cc4ccccc4C)CC3)c2=S)cc1. The lowest BCUT2D eigenvalue weighted by molar-refractivity contribution is 0.0974. The van der Waals surface area contributed by atoms with Crippen LogP contribution in [0, 0.1) is 11.7 Å². The molecule has 8 heteroatoms. The number of piperazine rings is 1. The molecule has 0 unspecified atom stereocenters. The molecule has 0 atom stereocenters. The van der Waals surface area contributed by atoms with E-state index < -0.39 is 0 Å². The molecule has 152 valence electrons. The number of aryl methyl sites for hydroxylation is 1. The Kier molecular flexibility index (Phi) is 6.03. The van der Waals surface area contributed by atoms with Gasteiger partial charge in [0, 0.05) is 32.7 Å². The monoisotopic (exact) mass is 410 g/mol. The smallest absolute Gasteiger partial charge is 0.221 e. The summed E-state index contributed by atoms with van der Waals surface area (Å²) in [6.45, 7) is 7.90. The molecule has 0 spiro atoms. The molecule has 0 saturated carbocycles. The van der Waals surface area contributed by atoms with Gasteiger partial charge >= 0.3 is 0 Å². The van der Waals surface area contributed by atoms with Crippen molar-refractivity contribution in [2.75, 3.05) is 33.3 Å². The van der Waals surface area contributed by atoms with Crippen LogP contribution >= 0.6 is 12.2 Å². The quantitative estimate of drug-likeness (QED) is 0.583. The topological polar surface area (TPSA) is 51.4 Å². The lowest BCUT2D eigenvalue weighted by Gasteiger charge is -2.34. The summed E-state index contributed by atoms with van der Waals surface area (Å²) in [5.41, 5.74) is 3.65. The van der Waals surface area contributed by atoms with Gasteiger partial charge in [-0.1, -0.05) is 24.3 Å². The van der Waals surface area contributed by atoms with E-state index in [1.165, 1.54) is 11.1 Å². The molecule has 0 bridgehead atoms. The minimum absolute atomic E-state index is 0.595. The molecule has 0 N–H and O–H groups in total. The van der Waals surface area contributed by atoms with Gasteiger partial charge in [-0.15, -0.1) is 0 Å². The molecular weight excluding hydrogens is 384 g/mol. The van der Waals surface area contributed by atoms with Crippen LogP contribution in [0.5, 0.6) is 5.75 Å². The normalized spacial score (nSPS) is 15.5. The fourth-order valence-corrected chi connectivity index (χ4v) is 3.79. The maximum absolute atomic E-state index is 5.59. The maximum Gasteiger partial charge on any atom is 0.221 e. The summed E-state index contributed by atoms with van der Waals surface area (Å²) in [4.78, 5) is 4.88. The van der Waals surface area contributed by atoms with E-state index in [9.17, 15) is 0 Å². The van der Waals surface area contributed by atoms with Crippen molar-refractivity contribution in [1.82, 2.24) is 29.6 Å². The molecule has 0 aliphatic carbocycles. The average molecular weight is 411 g/mol. The van der Waals surface area contributed by atoms with Gasteiger partial charge in [-0.3, -0.25) is 9.80 Å². The third-order valence-electron chi connectivity index (χ3n) is 5.41. The molecule has 0 radical (unpaired) electrons. The molecule has 1 saturated heterocycles. The highest BCUT2D eigenvalue weighted by atomic mass is 32.1. The first kappa shape index (κ1) is 19.8. The zero-order valence-corrected chi connectivity index (χ0v) is 17.7. The van der Waals surface area contributed by atoms with Gasteiger partial charge in [0.1, 0.15) is 5.75 Å². The van der Waals surface area contributed by atoms with Crippen LogP contribution in [0.4, 0.5) is 0 Å². The highest BCUT2D eigenvalue weighted by Gasteiger charge is 2.19. The third-order valence-corrected chi connectivity index (χ3v) is 5.79. The molecule has 1 aromatic heterocycles. The van der Waals surface area contributed by atoms with Crippen LogP contribution in [0.3, 0.4) is 0 Å². The molecular formula is C21H26N6OS. The molecule has 1 aliphatic heterocycles. The van der Waals surface area contributed by atoms with Crippen LogP contribution in [0.25, 0.3) is 5.69 Å². The van der Waals surface area contributed by atoms with Gasteiger partial charge in [0.2, 0.25) is 4.77 Å². The molecule has 4 rings (SSSR count). The zero-order valence-electron chi connectivity index (χ0n) is 16.9. The Morgan fingerprint density at radius 3 is 2.31 bits per heavy atom. The first-order chi connectivity index (χ1) is 14.1. The Morgan fingerprint density at radius 2 is 1.62 bits per heavy atom. The summed E-state index contributed by atoms with van der Waals surface area (Å²) >= 11 is 5.59. The number of rotatable bonds is 6. The Balaban J connectivity index is 1.35. The predicted molar refractivity (Wildman–Crippen MR) is 115 cm³/mol. The maximum atomic E-state index is 5.59. The Bertz CT molecular complexity index is 1000. The van der Waals surface area contributed by atoms with E-state index in [-0.39, 0.29) is 0 Å². The van der Waals surface area contributed by atoms with Crippen LogP contribution in [0.15, 0.2) is 48.5 Å². The second-order valence-electron chi connectivity index (χ2n) is 7.33. The van der Waals surface area contributed by atoms with Crippen molar-refractivity contribution in [2.45, 2.75) is 20.1 Å². The molecule has 2 heterocycles. The average Bonchev–Trinajstić information content (AvgIpc) is 3.11. The number of nitrogens with zero attached hydrogens (tertiary/aromatic N) is 6. The number of methoxy groups -OCH3 is 1. The van der Waals surface area contributed by atoms with Crippen molar-refractivity contribution < 1.29 is 4.74 Å². The van der Waals surface area contributed by atoms with Gasteiger partial charge in [-0.25, -0.2) is 4.68 Å². The largest absolute Gasteiger partial charge is 0.497 e. The first-order valence-electron chi connectivity index (χ1n) is 9.80. The van der Waals surface area contributed by atoms with E-state index in [0.717, 1.165) is 44.2 Å². The second kappa shape index (κ2) is 8.86. The fourth-order valence-electron chi connectivity index (χ4n) is 3.56. The zero-order chi connectivity index (χ0) is 20.2. The minimum atomic E-state index is 0.595. The van der Waals surface area contributed by atoms with Crippen molar-refractivity contribution in [3.8, 4) is 11.4 Å². The molecule has 0 amide bonds. The van der Waals surface area contributed by atoms with E-state index >= 15 is 0 Å². The summed E-state index contributed by atoms with van der Waals surface area (Å²) in [5.74, 6) is 0.802. The number of ether oxygens (including phenoxy) is 1. The van der Waals surface area contributed by atoms with Gasteiger partial charge in [-0.05, 0) is 65.0 Å². The number of hydrogen-bond acceptors (Lipinski definition) is 6. The van der Waals surface area contributed by atoms with Gasteiger partial charge in [-0.2, -0.15) is 4.68 Å². The van der Waals surface area contributed by atoms with E-state index in [4.69, 9.17) is 17.0 Å². The molecule has 7 nitrogen and oxygen atoms in total. The van der Waals surface area contributed by atoms with Crippen LogP contribution < -0.4 is 4.74 Å². The summed E-state index contributed by atoms with van der Waals surface area (Å²) in [5, 5.41) is 8.50. The fraction of sp³-hybridized carbons (Fsp3) is 0.381. The van der Waals surface area contributed by atoms with Gasteiger partial charge in [0.25, 0.3) is 0 Å². The van der Waals surface area contributed by atoms with Crippen LogP contribution in [0.1, 0.15) is 11.1 Å². The van der Waals surface area contributed by atoms with Crippen LogP contribution in [-0.2, 0) is 13.2 Å². The lowest BCUT2D eigenvalue weighted by Crippen LogP contribution is -2.46. The van der Waals surface area contributed by atoms with Gasteiger partial charge in [0.05, 0.1) is 19.5 Å². The van der Waals surface area contributed by atoms with Crippen molar-refractivity contribution >= 4 is 12.2 Å². The summed E-state index contributed by atoms with van der Waals surface area (Å²) < 4.78 is 9.27. The minimum Gasteiger partial charge on any atom is -0.497 e. The lowest BCUT2D eigenvalue weighted by atomic mass is 10.1. The van der Waals surface area contributed by atoms with Crippen molar-refractivity contribution in [3.05, 3.63) is 64.4 Å². The van der Waals surface area contributed by atoms with Crippen LogP contribution in [0.2, 0.25) is 0 Å². The van der Waals surface area contributed by atoms with Crippen LogP contribution in [-0.4, -0.2) is 62.9 Å². The summed E-state index contributed by atoms with van der Waals surface area (Å²) in [7, 11) is 1.65. The van der Waals surface area contributed by atoms with E-state index in [1.807, 2.05) is 24.3 Å². The Labute approximate surface area is 176 Å². The number of aromatic nitrogens is 4. The highest BCUT2D eigenvalue weighted by molar-refractivity contribution is 7.71. The Morgan fingerprint density at radius 1 is 0.931 bits per heavy atom. The molecule has 29 heavy (non-hydrogen) atoms. The number of hydrogen-bond donors (Lipinski definition) is 0. The second-order valence-corrected chi connectivity index (χ2v) is 7.70. The Hall–Kier alpha value is -2.55. The number of benzene rings is 2. The molecule has 2 aromatic carbocycles. The van der Waals surface area contributed by atoms with E-state index in [2.05, 4.69) is 51.4 Å². The van der Waals surface area contributed by atoms with Gasteiger partial charge < -0.3 is 4.74 Å². The van der Waals surface area contributed by atoms with Crippen molar-refractivity contribution in [3.63, 3.8) is 0 Å². The van der Waals surface area contributed by atoms with Crippen molar-refractivity contribution in [1.29, 1.82) is 0 Å². The third kappa shape index (κ3) is 4.55. The van der Waals surface area contributed by atoms with Crippen molar-refractivity contribution in [2.24, 2.45) is 0 Å². The summed E-state index contributed by atoms with van der Waals surface area (Å²) in [6.07, 6.45) is 0. The van der Waals surface area contributed by atoms with E-state index in [1.54, 1.807) is 16.5 Å². The van der Waals surface area contributed by atoms with E-state index in [0.29, 0.717) is 11.4 Å². The highest BCUT2D eigenvalue weighted by Crippen LogP contribution is 2.15. The molecule has 3 aromatic rings. The molecule has 1 aliphatic rings. The standard InChI is InChI=1S/C21H26N6OS/c1-17-5-3-4-6-18(17)15-24-11-13-25(14-12-24)16-26-21(29)27(23-22-26)19-7-9-20(28-2)10-8-19/h3-10H,11-16H2,1-2H3. The predicted octanol–water partition coefficient (Wildman–Crippen LogP) is 2.89. The summed E-state index contributed by atoms with van der Waals surface area (Å²) in [6, 6.07) is 16.3. The first-order valence-corrected chi connectivity index (χ1v) is 10.2. The molecule has 1 fully saturated rings. The van der Waals surface area contributed by atoms with Gasteiger partial charge in [0.15, 0.2) is 0 Å². The number of tetrazole rings is 1.